The molecule has 0 unspecified atom stereocenters. The number of esters is 2. The number of hydrogen-bond donors (Lipinski definition) is 0. The number of rotatable bonds is 14. The number of ether oxygens (including phenoxy) is 2. The van der Waals surface area contributed by atoms with Crippen LogP contribution in [-0.4, -0.2) is 65.0 Å². The Labute approximate surface area is 293 Å². The van der Waals surface area contributed by atoms with Gasteiger partial charge in [-0.3, -0.25) is 28.6 Å². The summed E-state index contributed by atoms with van der Waals surface area (Å²) in [7, 11) is -6.35. The van der Waals surface area contributed by atoms with Crippen molar-refractivity contribution >= 4 is 43.5 Å². The smallest absolute Gasteiger partial charge is 0.336 e. The number of nitro benzene ring substituents is 2. The van der Waals surface area contributed by atoms with Gasteiger partial charge in [-0.2, -0.15) is 16.8 Å². The second-order valence-corrected chi connectivity index (χ2v) is 13.6. The first-order valence-corrected chi connectivity index (χ1v) is 17.5. The van der Waals surface area contributed by atoms with Gasteiger partial charge in [-0.15, -0.1) is 0 Å². The average molecular weight is 745 g/mol. The summed E-state index contributed by atoms with van der Waals surface area (Å²) in [5.41, 5.74) is 1.89. The summed E-state index contributed by atoms with van der Waals surface area (Å²) in [5, 5.41) is 21.3. The molecule has 0 radical (unpaired) electrons. The lowest BCUT2D eigenvalue weighted by Crippen LogP contribution is -2.30. The summed E-state index contributed by atoms with van der Waals surface area (Å²) in [5.74, 6) is -1.68. The number of hydrogen-bond acceptors (Lipinski definition) is 14. The second-order valence-electron chi connectivity index (χ2n) is 10.5. The summed E-state index contributed by atoms with van der Waals surface area (Å²) in [4.78, 5) is 43.2. The minimum Gasteiger partial charge on any atom is -0.467 e. The molecule has 0 aromatic heterocycles. The van der Waals surface area contributed by atoms with Crippen LogP contribution in [-0.2, 0) is 60.5 Å². The molecule has 0 N–H and O–H groups in total. The van der Waals surface area contributed by atoms with Crippen molar-refractivity contribution in [2.24, 2.45) is 0 Å². The summed E-state index contributed by atoms with van der Waals surface area (Å²) in [6.45, 7) is 1.90. The van der Waals surface area contributed by atoms with Gasteiger partial charge in [0.25, 0.3) is 31.6 Å². The molecule has 0 spiro atoms. The molecule has 0 saturated carbocycles. The van der Waals surface area contributed by atoms with Crippen LogP contribution in [0, 0.1) is 27.2 Å². The van der Waals surface area contributed by atoms with Gasteiger partial charge in [-0.1, -0.05) is 60.2 Å². The number of methoxy groups -OCH3 is 2. The predicted octanol–water partition coefficient (Wildman–Crippen LogP) is 4.48. The molecule has 4 aromatic rings. The minimum absolute atomic E-state index is 0.000273. The Kier molecular flexibility index (Phi) is 14.0. The topological polar surface area (TPSA) is 226 Å². The lowest BCUT2D eigenvalue weighted by Gasteiger charge is -2.15. The number of nitrogens with zero attached hydrogens (tertiary/aromatic N) is 2. The summed E-state index contributed by atoms with van der Waals surface area (Å²) >= 11 is 0. The zero-order valence-electron chi connectivity index (χ0n) is 27.3. The van der Waals surface area contributed by atoms with E-state index in [-0.39, 0.29) is 34.0 Å². The predicted molar refractivity (Wildman–Crippen MR) is 179 cm³/mol. The number of carbonyl (C=O) groups excluding carboxylic acids is 2. The fraction of sp³-hybridized carbons (Fsp3) is 0.212. The molecule has 18 heteroatoms. The van der Waals surface area contributed by atoms with E-state index in [2.05, 4.69) is 9.47 Å². The Morgan fingerprint density at radius 3 is 1.27 bits per heavy atom. The third-order valence-corrected chi connectivity index (χ3v) is 9.56. The molecule has 0 bridgehead atoms. The van der Waals surface area contributed by atoms with Crippen LogP contribution in [0.15, 0.2) is 113 Å². The quantitative estimate of drug-likeness (QED) is 0.0751. The number of benzene rings is 4. The Morgan fingerprint density at radius 2 is 0.941 bits per heavy atom. The second kappa shape index (κ2) is 17.9. The van der Waals surface area contributed by atoms with E-state index in [1.807, 2.05) is 19.1 Å². The van der Waals surface area contributed by atoms with E-state index in [1.165, 1.54) is 0 Å². The van der Waals surface area contributed by atoms with Crippen molar-refractivity contribution in [2.75, 3.05) is 14.2 Å². The number of nitro groups is 2. The minimum atomic E-state index is -4.31. The van der Waals surface area contributed by atoms with E-state index in [0.717, 1.165) is 68.3 Å². The van der Waals surface area contributed by atoms with Gasteiger partial charge in [0.2, 0.25) is 0 Å². The molecule has 0 fully saturated rings. The number of non-ortho nitro benzene ring substituents is 2. The van der Waals surface area contributed by atoms with Crippen molar-refractivity contribution in [1.29, 1.82) is 0 Å². The van der Waals surface area contributed by atoms with E-state index in [0.29, 0.717) is 11.1 Å². The lowest BCUT2D eigenvalue weighted by molar-refractivity contribution is -0.385. The fourth-order valence-corrected chi connectivity index (χ4v) is 6.29. The van der Waals surface area contributed by atoms with Gasteiger partial charge in [0, 0.05) is 37.1 Å². The van der Waals surface area contributed by atoms with Crippen LogP contribution in [0.1, 0.15) is 16.7 Å². The number of carbonyl (C=O) groups is 2. The van der Waals surface area contributed by atoms with Crippen LogP contribution < -0.4 is 0 Å². The maximum atomic E-state index is 12.4. The van der Waals surface area contributed by atoms with Crippen molar-refractivity contribution < 1.29 is 54.1 Å². The summed E-state index contributed by atoms with van der Waals surface area (Å²) in [6.07, 6.45) is -2.74. The highest BCUT2D eigenvalue weighted by atomic mass is 32.2. The highest BCUT2D eigenvalue weighted by molar-refractivity contribution is 7.87. The maximum absolute atomic E-state index is 12.4. The molecule has 0 aliphatic rings. The average Bonchev–Trinajstić information content (AvgIpc) is 3.12. The Balaban J connectivity index is 0.000000276. The van der Waals surface area contributed by atoms with Gasteiger partial charge in [0.05, 0.1) is 33.9 Å². The van der Waals surface area contributed by atoms with Crippen LogP contribution in [0.3, 0.4) is 0 Å². The Morgan fingerprint density at radius 1 is 0.588 bits per heavy atom. The van der Waals surface area contributed by atoms with Crippen molar-refractivity contribution in [3.8, 4) is 0 Å². The Bertz CT molecular complexity index is 2040. The molecule has 270 valence electrons. The van der Waals surface area contributed by atoms with Gasteiger partial charge >= 0.3 is 11.9 Å². The van der Waals surface area contributed by atoms with E-state index in [1.54, 1.807) is 42.5 Å². The molecular weight excluding hydrogens is 712 g/mol. The largest absolute Gasteiger partial charge is 0.467 e. The van der Waals surface area contributed by atoms with Crippen LogP contribution in [0.2, 0.25) is 0 Å². The maximum Gasteiger partial charge on any atom is 0.336 e. The fourth-order valence-electron chi connectivity index (χ4n) is 4.23. The van der Waals surface area contributed by atoms with Gasteiger partial charge in [0.15, 0.2) is 12.2 Å². The standard InChI is InChI=1S/C17H17NO7S.C16H15NO7S/c1-12-3-5-13(6-4-12)11-16(17(19)24-2)25-26(22,23)15-9-7-14(8-10-15)18(20)21;1-23-16(18)15(11-12-5-3-2-4-6-12)24-25(21,22)14-9-7-13(8-10-14)17(19)20/h3-10,16H,11H2,1-2H3;2-10,15H,11H2,1H3/t16-;15-/m11/s1. The van der Waals surface area contributed by atoms with Gasteiger partial charge in [-0.25, -0.2) is 9.59 Å². The molecule has 0 aliphatic heterocycles. The zero-order chi connectivity index (χ0) is 37.8. The van der Waals surface area contributed by atoms with Crippen LogP contribution in [0.4, 0.5) is 11.4 Å². The van der Waals surface area contributed by atoms with Crippen LogP contribution >= 0.6 is 0 Å². The molecular formula is C33H32N2O14S2. The van der Waals surface area contributed by atoms with Gasteiger partial charge in [-0.05, 0) is 42.3 Å². The highest BCUT2D eigenvalue weighted by Gasteiger charge is 2.30. The first kappa shape index (κ1) is 39.9. The van der Waals surface area contributed by atoms with E-state index in [4.69, 9.17) is 8.37 Å². The SMILES string of the molecule is COC(=O)[C@@H](Cc1ccc(C)cc1)OS(=O)(=O)c1ccc([N+](=O)[O-])cc1.COC(=O)[C@@H](Cc1ccccc1)OS(=O)(=O)c1ccc([N+](=O)[O-])cc1. The molecule has 4 aromatic carbocycles. The van der Waals surface area contributed by atoms with E-state index >= 15 is 0 Å². The first-order valence-electron chi connectivity index (χ1n) is 14.7. The van der Waals surface area contributed by atoms with Crippen molar-refractivity contribution in [2.45, 2.75) is 41.8 Å². The zero-order valence-corrected chi connectivity index (χ0v) is 28.9. The van der Waals surface area contributed by atoms with Crippen LogP contribution in [0.5, 0.6) is 0 Å². The van der Waals surface area contributed by atoms with E-state index < -0.39 is 54.2 Å². The van der Waals surface area contributed by atoms with Crippen molar-refractivity contribution in [3.63, 3.8) is 0 Å². The summed E-state index contributed by atoms with van der Waals surface area (Å²) < 4.78 is 68.7. The monoisotopic (exact) mass is 744 g/mol. The van der Waals surface area contributed by atoms with Gasteiger partial charge < -0.3 is 9.47 Å². The molecule has 51 heavy (non-hydrogen) atoms. The first-order chi connectivity index (χ1) is 24.1. The third kappa shape index (κ3) is 11.8. The molecule has 0 amide bonds. The highest BCUT2D eigenvalue weighted by Crippen LogP contribution is 2.22. The molecule has 4 rings (SSSR count). The Hall–Kier alpha value is -5.56. The van der Waals surface area contributed by atoms with E-state index in [9.17, 15) is 46.7 Å². The molecule has 16 nitrogen and oxygen atoms in total. The molecule has 0 heterocycles. The molecule has 0 saturated heterocycles. The molecule has 0 aliphatic carbocycles. The lowest BCUT2D eigenvalue weighted by atomic mass is 10.1. The van der Waals surface area contributed by atoms with Crippen LogP contribution in [0.25, 0.3) is 0 Å². The molecule has 2 atom stereocenters. The number of aryl methyl sites for hydroxylation is 1. The van der Waals surface area contributed by atoms with Crippen molar-refractivity contribution in [1.82, 2.24) is 0 Å². The van der Waals surface area contributed by atoms with Gasteiger partial charge in [0.1, 0.15) is 0 Å². The normalized spacial score (nSPS) is 12.4. The third-order valence-electron chi connectivity index (χ3n) is 6.89. The summed E-state index contributed by atoms with van der Waals surface area (Å²) in [6, 6.07) is 24.2. The van der Waals surface area contributed by atoms with Crippen molar-refractivity contribution in [3.05, 3.63) is 140 Å².